The molecule has 0 N–H and O–H groups in total. The molecule has 0 saturated heterocycles. The van der Waals surface area contributed by atoms with Gasteiger partial charge in [0, 0.05) is 18.6 Å². The average Bonchev–Trinajstić information content (AvgIpc) is 3.06. The summed E-state index contributed by atoms with van der Waals surface area (Å²) < 4.78 is 41.2. The largest absolute Gasteiger partial charge is 0.418 e. The second-order valence-electron chi connectivity index (χ2n) is 4.05. The van der Waals surface area contributed by atoms with Gasteiger partial charge in [-0.25, -0.2) is 9.50 Å². The maximum absolute atomic E-state index is 13.0. The molecule has 102 valence electrons. The van der Waals surface area contributed by atoms with Crippen molar-refractivity contribution in [2.24, 2.45) is 0 Å². The Balaban J connectivity index is 2.25. The molecule has 20 heavy (non-hydrogen) atoms. The van der Waals surface area contributed by atoms with Crippen LogP contribution >= 0.6 is 0 Å². The maximum Gasteiger partial charge on any atom is 0.418 e. The molecule has 3 aromatic rings. The summed E-state index contributed by atoms with van der Waals surface area (Å²) in [5, 5.41) is 3.79. The van der Waals surface area contributed by atoms with Gasteiger partial charge in [0.2, 0.25) is 0 Å². The van der Waals surface area contributed by atoms with Crippen LogP contribution in [-0.2, 0) is 6.18 Å². The van der Waals surface area contributed by atoms with E-state index in [0.29, 0.717) is 0 Å². The predicted molar refractivity (Wildman–Crippen MR) is 62.1 cm³/mol. The molecule has 0 spiro atoms. The zero-order chi connectivity index (χ0) is 14.3. The van der Waals surface area contributed by atoms with Crippen LogP contribution in [0.1, 0.15) is 15.9 Å². The number of carbonyl (C=O) groups is 1. The first-order valence-electron chi connectivity index (χ1n) is 5.54. The maximum atomic E-state index is 13.0. The molecule has 3 heterocycles. The van der Waals surface area contributed by atoms with Crippen LogP contribution in [-0.4, -0.2) is 25.1 Å². The van der Waals surface area contributed by atoms with Crippen molar-refractivity contribution >= 4 is 11.4 Å². The van der Waals surface area contributed by atoms with Crippen LogP contribution in [0.2, 0.25) is 0 Å². The summed E-state index contributed by atoms with van der Waals surface area (Å²) in [4.78, 5) is 15.9. The number of aromatic nitrogens is 4. The van der Waals surface area contributed by atoms with Crippen molar-refractivity contribution < 1.29 is 18.0 Å². The Bertz CT molecular complexity index is 774. The third-order valence-electron chi connectivity index (χ3n) is 2.82. The van der Waals surface area contributed by atoms with Crippen LogP contribution in [0.25, 0.3) is 5.52 Å². The fraction of sp³-hybridized carbons (Fsp3) is 0.0833. The highest BCUT2D eigenvalue weighted by Gasteiger charge is 2.35. The molecule has 0 aliphatic carbocycles. The number of halogens is 3. The zero-order valence-corrected chi connectivity index (χ0v) is 9.87. The number of alkyl halides is 3. The summed E-state index contributed by atoms with van der Waals surface area (Å²) in [6, 6.07) is 2.15. The molecule has 0 bridgehead atoms. The molecule has 0 fully saturated rings. The minimum absolute atomic E-state index is 0.129. The fourth-order valence-corrected chi connectivity index (χ4v) is 1.95. The minimum Gasteiger partial charge on any atom is -0.272 e. The van der Waals surface area contributed by atoms with Crippen molar-refractivity contribution in [1.29, 1.82) is 0 Å². The monoisotopic (exact) mass is 280 g/mol. The van der Waals surface area contributed by atoms with E-state index in [-0.39, 0.29) is 11.1 Å². The third kappa shape index (κ3) is 1.85. The Hall–Kier alpha value is -2.64. The number of fused-ring (bicyclic) bond motifs is 1. The Morgan fingerprint density at radius 1 is 1.25 bits per heavy atom. The Labute approximate surface area is 110 Å². The lowest BCUT2D eigenvalue weighted by Crippen LogP contribution is -2.13. The number of hydrogen-bond donors (Lipinski definition) is 0. The number of rotatable bonds is 1. The fourth-order valence-electron chi connectivity index (χ4n) is 1.95. The highest BCUT2D eigenvalue weighted by atomic mass is 19.4. The van der Waals surface area contributed by atoms with Gasteiger partial charge in [0.15, 0.2) is 0 Å². The smallest absolute Gasteiger partial charge is 0.272 e. The molecule has 0 atom stereocenters. The van der Waals surface area contributed by atoms with E-state index in [1.807, 2.05) is 0 Å². The summed E-state index contributed by atoms with van der Waals surface area (Å²) in [6.45, 7) is 0. The zero-order valence-electron chi connectivity index (χ0n) is 9.87. The Morgan fingerprint density at radius 2 is 2.05 bits per heavy atom. The summed E-state index contributed by atoms with van der Waals surface area (Å²) >= 11 is 0. The van der Waals surface area contributed by atoms with E-state index in [1.165, 1.54) is 31.0 Å². The van der Waals surface area contributed by atoms with Gasteiger partial charge in [0.1, 0.15) is 6.33 Å². The van der Waals surface area contributed by atoms with Crippen molar-refractivity contribution in [1.82, 2.24) is 19.2 Å². The number of pyridine rings is 1. The van der Waals surface area contributed by atoms with Crippen LogP contribution in [0, 0.1) is 0 Å². The van der Waals surface area contributed by atoms with Gasteiger partial charge in [-0.3, -0.25) is 9.36 Å². The topological polar surface area (TPSA) is 52.2 Å². The minimum atomic E-state index is -4.56. The van der Waals surface area contributed by atoms with Crippen molar-refractivity contribution in [2.75, 3.05) is 0 Å². The molecular weight excluding hydrogens is 273 g/mol. The first-order chi connectivity index (χ1) is 9.48. The lowest BCUT2D eigenvalue weighted by atomic mass is 10.1. The molecule has 0 aliphatic heterocycles. The lowest BCUT2D eigenvalue weighted by Gasteiger charge is -2.09. The van der Waals surface area contributed by atoms with E-state index in [4.69, 9.17) is 0 Å². The van der Waals surface area contributed by atoms with Crippen molar-refractivity contribution in [3.8, 4) is 0 Å². The SMILES string of the molecule is O=C(c1cnn2cccc(C(F)(F)F)c12)n1ccnc1. The molecule has 0 unspecified atom stereocenters. The van der Waals surface area contributed by atoms with Gasteiger partial charge in [-0.2, -0.15) is 18.3 Å². The highest BCUT2D eigenvalue weighted by Crippen LogP contribution is 2.33. The number of nitrogens with zero attached hydrogens (tertiary/aromatic N) is 4. The molecule has 3 aromatic heterocycles. The van der Waals surface area contributed by atoms with Gasteiger partial charge >= 0.3 is 6.18 Å². The van der Waals surface area contributed by atoms with Gasteiger partial charge < -0.3 is 0 Å². The summed E-state index contributed by atoms with van der Waals surface area (Å²) in [6.07, 6.45) is 1.87. The van der Waals surface area contributed by atoms with Crippen LogP contribution in [0.5, 0.6) is 0 Å². The average molecular weight is 280 g/mol. The van der Waals surface area contributed by atoms with E-state index >= 15 is 0 Å². The van der Waals surface area contributed by atoms with Gasteiger partial charge in [0.25, 0.3) is 5.91 Å². The number of carbonyl (C=O) groups excluding carboxylic acids is 1. The molecule has 0 radical (unpaired) electrons. The molecular formula is C12H7F3N4O. The highest BCUT2D eigenvalue weighted by molar-refractivity contribution is 6.02. The van der Waals surface area contributed by atoms with Gasteiger partial charge in [-0.15, -0.1) is 0 Å². The molecule has 0 amide bonds. The molecule has 3 rings (SSSR count). The number of hydrogen-bond acceptors (Lipinski definition) is 3. The van der Waals surface area contributed by atoms with Crippen molar-refractivity contribution in [2.45, 2.75) is 6.18 Å². The van der Waals surface area contributed by atoms with Gasteiger partial charge in [0.05, 0.1) is 22.8 Å². The Morgan fingerprint density at radius 3 is 2.70 bits per heavy atom. The van der Waals surface area contributed by atoms with E-state index in [2.05, 4.69) is 10.1 Å². The van der Waals surface area contributed by atoms with Gasteiger partial charge in [-0.1, -0.05) is 0 Å². The van der Waals surface area contributed by atoms with Crippen LogP contribution in [0.15, 0.2) is 43.2 Å². The lowest BCUT2D eigenvalue weighted by molar-refractivity contribution is -0.136. The summed E-state index contributed by atoms with van der Waals surface area (Å²) in [7, 11) is 0. The van der Waals surface area contributed by atoms with Crippen LogP contribution in [0.4, 0.5) is 13.2 Å². The molecule has 8 heteroatoms. The van der Waals surface area contributed by atoms with Crippen molar-refractivity contribution in [3.05, 3.63) is 54.4 Å². The second-order valence-corrected chi connectivity index (χ2v) is 4.05. The van der Waals surface area contributed by atoms with Crippen LogP contribution in [0.3, 0.4) is 0 Å². The summed E-state index contributed by atoms with van der Waals surface area (Å²) in [5.41, 5.74) is -1.30. The Kier molecular flexibility index (Phi) is 2.60. The van der Waals surface area contributed by atoms with Gasteiger partial charge in [-0.05, 0) is 12.1 Å². The van der Waals surface area contributed by atoms with Crippen LogP contribution < -0.4 is 0 Å². The van der Waals surface area contributed by atoms with E-state index in [1.54, 1.807) is 0 Å². The van der Waals surface area contributed by atoms with E-state index < -0.39 is 17.6 Å². The predicted octanol–water partition coefficient (Wildman–Crippen LogP) is 2.24. The van der Waals surface area contributed by atoms with E-state index in [9.17, 15) is 18.0 Å². The van der Waals surface area contributed by atoms with Crippen molar-refractivity contribution in [3.63, 3.8) is 0 Å². The molecule has 0 saturated carbocycles. The number of imidazole rings is 1. The quantitative estimate of drug-likeness (QED) is 0.687. The second kappa shape index (κ2) is 4.19. The molecule has 0 aromatic carbocycles. The standard InChI is InChI=1S/C12H7F3N4O/c13-12(14,15)9-2-1-4-19-10(9)8(6-17-19)11(20)18-5-3-16-7-18/h1-7H. The third-order valence-corrected chi connectivity index (χ3v) is 2.82. The molecule has 5 nitrogen and oxygen atoms in total. The summed E-state index contributed by atoms with van der Waals surface area (Å²) in [5.74, 6) is -0.616. The first kappa shape index (κ1) is 12.4. The van der Waals surface area contributed by atoms with E-state index in [0.717, 1.165) is 21.3 Å². The normalized spacial score (nSPS) is 11.9. The first-order valence-corrected chi connectivity index (χ1v) is 5.54. The molecule has 0 aliphatic rings.